The lowest BCUT2D eigenvalue weighted by molar-refractivity contribution is -0.0295. The Bertz CT molecular complexity index is 224. The van der Waals surface area contributed by atoms with Crippen molar-refractivity contribution in [3.05, 3.63) is 0 Å². The van der Waals surface area contributed by atoms with Crippen LogP contribution in [0.25, 0.3) is 0 Å². The van der Waals surface area contributed by atoms with E-state index in [4.69, 9.17) is 9.47 Å². The first-order valence-corrected chi connectivity index (χ1v) is 4.67. The maximum atomic E-state index is 9.70. The Hall–Kier alpha value is -0.120. The van der Waals surface area contributed by atoms with Crippen molar-refractivity contribution >= 4 is 0 Å². The summed E-state index contributed by atoms with van der Waals surface area (Å²) in [7, 11) is 0. The lowest BCUT2D eigenvalue weighted by Gasteiger charge is -2.24. The molecule has 0 bridgehead atoms. The quantitative estimate of drug-likeness (QED) is 0.588. The SMILES string of the molecule is CC12CCC(C3(O)CO3)CC1O2. The van der Waals surface area contributed by atoms with E-state index in [9.17, 15) is 5.11 Å². The van der Waals surface area contributed by atoms with Crippen LogP contribution in [0.5, 0.6) is 0 Å². The molecule has 1 aliphatic carbocycles. The van der Waals surface area contributed by atoms with Gasteiger partial charge < -0.3 is 14.6 Å². The van der Waals surface area contributed by atoms with Gasteiger partial charge in [0, 0.05) is 5.92 Å². The normalized spacial score (nSPS) is 62.5. The molecule has 4 atom stereocenters. The molecule has 0 aromatic carbocycles. The fourth-order valence-electron chi connectivity index (χ4n) is 2.36. The highest BCUT2D eigenvalue weighted by molar-refractivity contribution is 5.07. The summed E-state index contributed by atoms with van der Waals surface area (Å²) in [6.07, 6.45) is 3.49. The second-order valence-corrected chi connectivity index (χ2v) is 4.52. The van der Waals surface area contributed by atoms with E-state index in [2.05, 4.69) is 6.92 Å². The van der Waals surface area contributed by atoms with E-state index in [1.165, 1.54) is 0 Å². The van der Waals surface area contributed by atoms with Gasteiger partial charge in [0.1, 0.15) is 6.61 Å². The van der Waals surface area contributed by atoms with E-state index in [1.807, 2.05) is 0 Å². The molecular weight excluding hydrogens is 156 g/mol. The molecule has 3 fully saturated rings. The summed E-state index contributed by atoms with van der Waals surface area (Å²) in [5.41, 5.74) is 0.155. The summed E-state index contributed by atoms with van der Waals surface area (Å²) in [4.78, 5) is 0. The number of aliphatic hydroxyl groups is 1. The first-order valence-electron chi connectivity index (χ1n) is 4.67. The molecular formula is C9H14O3. The van der Waals surface area contributed by atoms with Gasteiger partial charge in [-0.2, -0.15) is 0 Å². The molecule has 0 radical (unpaired) electrons. The average molecular weight is 170 g/mol. The van der Waals surface area contributed by atoms with Gasteiger partial charge in [-0.05, 0) is 26.2 Å². The Balaban J connectivity index is 1.70. The van der Waals surface area contributed by atoms with Crippen molar-refractivity contribution < 1.29 is 14.6 Å². The first-order chi connectivity index (χ1) is 5.62. The molecule has 0 spiro atoms. The predicted molar refractivity (Wildman–Crippen MR) is 41.5 cm³/mol. The number of fused-ring (bicyclic) bond motifs is 1. The third-order valence-corrected chi connectivity index (χ3v) is 3.60. The van der Waals surface area contributed by atoms with Gasteiger partial charge in [0.15, 0.2) is 5.79 Å². The van der Waals surface area contributed by atoms with Crippen LogP contribution >= 0.6 is 0 Å². The zero-order valence-corrected chi connectivity index (χ0v) is 7.25. The number of ether oxygens (including phenoxy) is 2. The second kappa shape index (κ2) is 1.86. The van der Waals surface area contributed by atoms with Crippen molar-refractivity contribution in [3.63, 3.8) is 0 Å². The lowest BCUT2D eigenvalue weighted by Crippen LogP contribution is -2.31. The lowest BCUT2D eigenvalue weighted by atomic mass is 9.80. The maximum absolute atomic E-state index is 9.70. The third-order valence-electron chi connectivity index (χ3n) is 3.60. The van der Waals surface area contributed by atoms with Crippen molar-refractivity contribution in [2.45, 2.75) is 43.7 Å². The molecule has 2 saturated heterocycles. The summed E-state index contributed by atoms with van der Waals surface area (Å²) in [5.74, 6) is -0.453. The van der Waals surface area contributed by atoms with Crippen molar-refractivity contribution in [1.82, 2.24) is 0 Å². The topological polar surface area (TPSA) is 45.3 Å². The molecule has 0 aromatic rings. The Morgan fingerprint density at radius 3 is 2.83 bits per heavy atom. The molecule has 1 N–H and O–H groups in total. The van der Waals surface area contributed by atoms with Crippen molar-refractivity contribution in [1.29, 1.82) is 0 Å². The highest BCUT2D eigenvalue weighted by Gasteiger charge is 2.61. The summed E-state index contributed by atoms with van der Waals surface area (Å²) in [6.45, 7) is 2.69. The van der Waals surface area contributed by atoms with Gasteiger partial charge in [0.05, 0.1) is 11.7 Å². The largest absolute Gasteiger partial charge is 0.366 e. The van der Waals surface area contributed by atoms with Gasteiger partial charge in [-0.15, -0.1) is 0 Å². The van der Waals surface area contributed by atoms with Crippen LogP contribution < -0.4 is 0 Å². The van der Waals surface area contributed by atoms with Crippen LogP contribution in [0.1, 0.15) is 26.2 Å². The molecule has 3 aliphatic rings. The van der Waals surface area contributed by atoms with E-state index >= 15 is 0 Å². The Morgan fingerprint density at radius 1 is 1.50 bits per heavy atom. The van der Waals surface area contributed by atoms with Gasteiger partial charge in [0.2, 0.25) is 0 Å². The summed E-state index contributed by atoms with van der Waals surface area (Å²) >= 11 is 0. The standard InChI is InChI=1S/C9H14O3/c1-8-3-2-6(4-7(8)12-8)9(10)5-11-9/h6-7,10H,2-5H2,1H3. The number of hydrogen-bond donors (Lipinski definition) is 1. The highest BCUT2D eigenvalue weighted by Crippen LogP contribution is 2.53. The summed E-state index contributed by atoms with van der Waals surface area (Å²) < 4.78 is 10.6. The molecule has 0 amide bonds. The number of epoxide rings is 2. The number of hydrogen-bond acceptors (Lipinski definition) is 3. The Morgan fingerprint density at radius 2 is 2.25 bits per heavy atom. The van der Waals surface area contributed by atoms with E-state index < -0.39 is 5.79 Å². The second-order valence-electron chi connectivity index (χ2n) is 4.52. The van der Waals surface area contributed by atoms with Crippen molar-refractivity contribution in [3.8, 4) is 0 Å². The third kappa shape index (κ3) is 0.873. The first kappa shape index (κ1) is 7.30. The van der Waals surface area contributed by atoms with Crippen LogP contribution in [0.15, 0.2) is 0 Å². The molecule has 2 aliphatic heterocycles. The monoisotopic (exact) mass is 170 g/mol. The molecule has 3 heteroatoms. The van der Waals surface area contributed by atoms with Gasteiger partial charge in [0.25, 0.3) is 0 Å². The van der Waals surface area contributed by atoms with Crippen LogP contribution in [-0.2, 0) is 9.47 Å². The molecule has 68 valence electrons. The van der Waals surface area contributed by atoms with E-state index in [0.29, 0.717) is 18.6 Å². The van der Waals surface area contributed by atoms with E-state index in [-0.39, 0.29) is 5.60 Å². The zero-order chi connectivity index (χ0) is 8.40. The zero-order valence-electron chi connectivity index (χ0n) is 7.25. The van der Waals surface area contributed by atoms with Gasteiger partial charge in [-0.3, -0.25) is 0 Å². The Labute approximate surface area is 71.7 Å². The molecule has 3 nitrogen and oxygen atoms in total. The van der Waals surface area contributed by atoms with E-state index in [0.717, 1.165) is 19.3 Å². The molecule has 12 heavy (non-hydrogen) atoms. The molecule has 1 saturated carbocycles. The summed E-state index contributed by atoms with van der Waals surface area (Å²) in [5, 5.41) is 9.70. The van der Waals surface area contributed by atoms with Crippen molar-refractivity contribution in [2.75, 3.05) is 6.61 Å². The number of rotatable bonds is 1. The minimum Gasteiger partial charge on any atom is -0.366 e. The van der Waals surface area contributed by atoms with Crippen LogP contribution in [0.3, 0.4) is 0 Å². The van der Waals surface area contributed by atoms with Crippen LogP contribution in [0.4, 0.5) is 0 Å². The Kier molecular flexibility index (Phi) is 1.13. The fraction of sp³-hybridized carbons (Fsp3) is 1.00. The van der Waals surface area contributed by atoms with Gasteiger partial charge in [-0.25, -0.2) is 0 Å². The molecule has 2 heterocycles. The maximum Gasteiger partial charge on any atom is 0.192 e. The predicted octanol–water partition coefficient (Wildman–Crippen LogP) is 0.663. The van der Waals surface area contributed by atoms with Gasteiger partial charge >= 0.3 is 0 Å². The fourth-order valence-corrected chi connectivity index (χ4v) is 2.36. The average Bonchev–Trinajstić information content (AvgIpc) is 2.86. The smallest absolute Gasteiger partial charge is 0.192 e. The molecule has 4 unspecified atom stereocenters. The summed E-state index contributed by atoms with van der Waals surface area (Å²) in [6, 6.07) is 0. The van der Waals surface area contributed by atoms with Crippen LogP contribution in [-0.4, -0.2) is 29.2 Å². The molecule has 0 aromatic heterocycles. The minimum absolute atomic E-state index is 0.155. The van der Waals surface area contributed by atoms with E-state index in [1.54, 1.807) is 0 Å². The molecule has 3 rings (SSSR count). The van der Waals surface area contributed by atoms with Crippen LogP contribution in [0.2, 0.25) is 0 Å². The minimum atomic E-state index is -0.771. The van der Waals surface area contributed by atoms with Gasteiger partial charge in [-0.1, -0.05) is 0 Å². The van der Waals surface area contributed by atoms with Crippen LogP contribution in [0, 0.1) is 5.92 Å². The van der Waals surface area contributed by atoms with Crippen molar-refractivity contribution in [2.24, 2.45) is 5.92 Å². The highest BCUT2D eigenvalue weighted by atomic mass is 16.7.